The van der Waals surface area contributed by atoms with E-state index < -0.39 is 4.84 Å². The van der Waals surface area contributed by atoms with Crippen molar-refractivity contribution in [1.82, 2.24) is 0 Å². The van der Waals surface area contributed by atoms with Crippen molar-refractivity contribution in [3.8, 4) is 0 Å². The smallest absolute Gasteiger partial charge is 0.130 e. The third kappa shape index (κ3) is 1900. The minimum Gasteiger partial charge on any atom is -0.400 e. The summed E-state index contributed by atoms with van der Waals surface area (Å²) >= 11 is 9.96. The average Bonchev–Trinajstić information content (AvgIpc) is 2.75. The molecule has 0 amide bonds. The molecule has 10 N–H and O–H groups in total. The normalized spacial score (nSPS) is 4.43. The van der Waals surface area contributed by atoms with Gasteiger partial charge in [0, 0.05) is 64.0 Å². The molecular formula is C11H40Cl2O10. The molecule has 0 saturated carbocycles. The lowest BCUT2D eigenvalue weighted by molar-refractivity contribution is 0.313. The molecule has 0 aromatic carbocycles. The fraction of sp³-hybridized carbons (Fsp3) is 1.00. The average molecular weight is 403 g/mol. The second kappa shape index (κ2) is 569. The Morgan fingerprint density at radius 2 is 0.478 bits per heavy atom. The van der Waals surface area contributed by atoms with Crippen molar-refractivity contribution in [3.63, 3.8) is 0 Å². The number of aliphatic hydroxyl groups excluding tert-OH is 10. The minimum atomic E-state index is -0.616. The number of alkyl halides is 2. The van der Waals surface area contributed by atoms with E-state index in [1.54, 1.807) is 0 Å². The maximum Gasteiger partial charge on any atom is 0.130 e. The van der Waals surface area contributed by atoms with E-state index in [0.29, 0.717) is 0 Å². The van der Waals surface area contributed by atoms with Gasteiger partial charge in [-0.1, -0.05) is 0 Å². The van der Waals surface area contributed by atoms with Crippen LogP contribution in [0.3, 0.4) is 0 Å². The third-order valence-corrected chi connectivity index (χ3v) is 0.414. The lowest BCUT2D eigenvalue weighted by Gasteiger charge is -1.84. The van der Waals surface area contributed by atoms with Gasteiger partial charge in [-0.2, -0.15) is 0 Å². The molecule has 0 bridgehead atoms. The summed E-state index contributed by atoms with van der Waals surface area (Å²) in [4.78, 5) is -0.616. The second-order valence-electron chi connectivity index (χ2n) is 0.574. The van der Waals surface area contributed by atoms with E-state index in [9.17, 15) is 0 Å². The molecule has 0 fully saturated rings. The van der Waals surface area contributed by atoms with E-state index in [2.05, 4.69) is 0 Å². The summed E-state index contributed by atoms with van der Waals surface area (Å²) in [6, 6.07) is 0. The molecule has 0 aliphatic rings. The largest absolute Gasteiger partial charge is 0.400 e. The molecule has 0 spiro atoms. The van der Waals surface area contributed by atoms with Crippen LogP contribution < -0.4 is 0 Å². The quantitative estimate of drug-likeness (QED) is 0.205. The highest BCUT2D eigenvalue weighted by molar-refractivity contribution is 6.44. The first-order valence-corrected chi connectivity index (χ1v) is 6.06. The second-order valence-corrected chi connectivity index (χ2v) is 1.85. The fourth-order valence-corrected chi connectivity index (χ4v) is 0. The molecule has 0 aliphatic heterocycles. The van der Waals surface area contributed by atoms with Crippen LogP contribution in [0.15, 0.2) is 0 Å². The van der Waals surface area contributed by atoms with Crippen molar-refractivity contribution in [2.75, 3.05) is 70.6 Å². The van der Waals surface area contributed by atoms with Crippen molar-refractivity contribution in [2.45, 2.75) is 4.84 Å². The number of aliphatic hydroxyl groups is 10. The van der Waals surface area contributed by atoms with E-state index in [1.807, 2.05) is 0 Å². The maximum atomic E-state index is 7.88. The van der Waals surface area contributed by atoms with E-state index in [4.69, 9.17) is 74.3 Å². The van der Waals surface area contributed by atoms with E-state index in [-0.39, 0.29) is 6.61 Å². The number of halogens is 2. The topological polar surface area (TPSA) is 202 Å². The zero-order valence-electron chi connectivity index (χ0n) is 15.5. The Morgan fingerprint density at radius 1 is 0.435 bits per heavy atom. The molecule has 0 radical (unpaired) electrons. The van der Waals surface area contributed by atoms with Crippen LogP contribution in [0, 0.1) is 0 Å². The van der Waals surface area contributed by atoms with Crippen LogP contribution in [0.25, 0.3) is 0 Å². The van der Waals surface area contributed by atoms with Crippen molar-refractivity contribution in [3.05, 3.63) is 0 Å². The summed E-state index contributed by atoms with van der Waals surface area (Å²) in [6.07, 6.45) is 0. The van der Waals surface area contributed by atoms with Gasteiger partial charge in [-0.3, -0.25) is 0 Å². The molecule has 0 aromatic heterocycles. The molecule has 0 rings (SSSR count). The molecule has 0 aromatic rings. The molecule has 0 atom stereocenters. The Labute approximate surface area is 150 Å². The van der Waals surface area contributed by atoms with Crippen molar-refractivity contribution >= 4 is 23.2 Å². The highest BCUT2D eigenvalue weighted by atomic mass is 35.5. The molecule has 0 aliphatic carbocycles. The monoisotopic (exact) mass is 402 g/mol. The molecule has 23 heavy (non-hydrogen) atoms. The predicted octanol–water partition coefficient (Wildman–Crippen LogP) is -2.74. The lowest BCUT2D eigenvalue weighted by atomic mass is 10.9. The Morgan fingerprint density at radius 3 is 0.478 bits per heavy atom. The van der Waals surface area contributed by atoms with Gasteiger partial charge < -0.3 is 51.1 Å². The van der Waals surface area contributed by atoms with E-state index in [1.165, 1.54) is 0 Å². The summed E-state index contributed by atoms with van der Waals surface area (Å²) in [5.41, 5.74) is 0. The van der Waals surface area contributed by atoms with Crippen LogP contribution >= 0.6 is 23.2 Å². The van der Waals surface area contributed by atoms with Crippen LogP contribution in [0.4, 0.5) is 0 Å². The van der Waals surface area contributed by atoms with Gasteiger partial charge in [-0.15, -0.1) is 23.2 Å². The Hall–Kier alpha value is 0.180. The summed E-state index contributed by atoms with van der Waals surface area (Å²) in [7, 11) is 9.00. The fourth-order valence-electron chi connectivity index (χ4n) is 0. The van der Waals surface area contributed by atoms with Crippen molar-refractivity contribution in [2.24, 2.45) is 0 Å². The summed E-state index contributed by atoms with van der Waals surface area (Å²) in [5.74, 6) is 0. The Kier molecular flexibility index (Phi) is 1630. The molecule has 158 valence electrons. The molecule has 0 unspecified atom stereocenters. The van der Waals surface area contributed by atoms with Gasteiger partial charge >= 0.3 is 0 Å². The first kappa shape index (κ1) is 65.6. The van der Waals surface area contributed by atoms with E-state index >= 15 is 0 Å². The Balaban J connectivity index is -0.0000000106. The lowest BCUT2D eigenvalue weighted by Crippen LogP contribution is -1.90. The minimum absolute atomic E-state index is 0.164. The zero-order valence-corrected chi connectivity index (χ0v) is 17.0. The van der Waals surface area contributed by atoms with Crippen LogP contribution in [0.2, 0.25) is 0 Å². The van der Waals surface area contributed by atoms with Gasteiger partial charge in [0.05, 0.1) is 6.61 Å². The maximum absolute atomic E-state index is 7.88. The first-order chi connectivity index (χ1) is 11.3. The van der Waals surface area contributed by atoms with Crippen molar-refractivity contribution in [1.29, 1.82) is 0 Å². The van der Waals surface area contributed by atoms with Gasteiger partial charge in [0.15, 0.2) is 0 Å². The standard InChI is InChI=1S/C2H4Cl2O.9CH4O/c3-2(4)1-5;9*1-2/h2,5H,1H2;9*2H,1H3. The Bertz CT molecular complexity index is 44.8. The van der Waals surface area contributed by atoms with E-state index in [0.717, 1.165) is 64.0 Å². The predicted molar refractivity (Wildman–Crippen MR) is 95.9 cm³/mol. The summed E-state index contributed by atoms with van der Waals surface area (Å²) < 4.78 is 0. The highest BCUT2D eigenvalue weighted by Crippen LogP contribution is 1.96. The summed E-state index contributed by atoms with van der Waals surface area (Å²) in [6.45, 7) is -0.164. The number of hydrogen-bond donors (Lipinski definition) is 10. The molecule has 12 heteroatoms. The molecule has 0 heterocycles. The SMILES string of the molecule is CO.CO.CO.CO.CO.CO.CO.CO.CO.OCC(Cl)Cl. The molecule has 0 saturated heterocycles. The number of hydrogen-bond acceptors (Lipinski definition) is 10. The number of rotatable bonds is 1. The zero-order chi connectivity index (χ0) is 22.3. The van der Waals surface area contributed by atoms with Gasteiger partial charge in [0.2, 0.25) is 0 Å². The van der Waals surface area contributed by atoms with Crippen LogP contribution in [0.5, 0.6) is 0 Å². The highest BCUT2D eigenvalue weighted by Gasteiger charge is 1.88. The van der Waals surface area contributed by atoms with Crippen LogP contribution in [0.1, 0.15) is 0 Å². The molecular weight excluding hydrogens is 363 g/mol. The van der Waals surface area contributed by atoms with Crippen LogP contribution in [-0.4, -0.2) is 126 Å². The summed E-state index contributed by atoms with van der Waals surface area (Å²) in [5, 5.41) is 70.9. The van der Waals surface area contributed by atoms with Crippen LogP contribution in [-0.2, 0) is 0 Å². The van der Waals surface area contributed by atoms with Gasteiger partial charge in [-0.05, 0) is 0 Å². The van der Waals surface area contributed by atoms with Gasteiger partial charge in [0.1, 0.15) is 4.84 Å². The van der Waals surface area contributed by atoms with Crippen molar-refractivity contribution < 1.29 is 51.1 Å². The van der Waals surface area contributed by atoms with Gasteiger partial charge in [-0.25, -0.2) is 0 Å². The first-order valence-electron chi connectivity index (χ1n) is 5.19. The molecule has 10 nitrogen and oxygen atoms in total. The van der Waals surface area contributed by atoms with Gasteiger partial charge in [0.25, 0.3) is 0 Å². The third-order valence-electron chi connectivity index (χ3n) is 0.138.